The topological polar surface area (TPSA) is 94.0 Å². The summed E-state index contributed by atoms with van der Waals surface area (Å²) in [6, 6.07) is 10.0. The number of benzene rings is 1. The van der Waals surface area contributed by atoms with Gasteiger partial charge in [0.15, 0.2) is 0 Å². The second-order valence-electron chi connectivity index (χ2n) is 8.17. The molecule has 3 atom stereocenters. The number of hydrogen-bond donors (Lipinski definition) is 2. The summed E-state index contributed by atoms with van der Waals surface area (Å²) >= 11 is 0. The lowest BCUT2D eigenvalue weighted by Crippen LogP contribution is -2.49. The second-order valence-corrected chi connectivity index (χ2v) is 8.17. The minimum absolute atomic E-state index is 0. The summed E-state index contributed by atoms with van der Waals surface area (Å²) in [6.07, 6.45) is 5.45. The molecule has 0 saturated heterocycles. The molecule has 2 aromatic rings. The van der Waals surface area contributed by atoms with E-state index in [0.29, 0.717) is 30.1 Å². The van der Waals surface area contributed by atoms with Gasteiger partial charge in [0, 0.05) is 24.1 Å². The highest BCUT2D eigenvalue weighted by molar-refractivity contribution is 5.85. The number of fused-ring (bicyclic) bond motifs is 2. The van der Waals surface area contributed by atoms with Crippen molar-refractivity contribution in [1.82, 2.24) is 15.5 Å². The lowest BCUT2D eigenvalue weighted by Gasteiger charge is -2.43. The summed E-state index contributed by atoms with van der Waals surface area (Å²) in [5.74, 6) is 2.37. The molecule has 6 nitrogen and oxygen atoms in total. The van der Waals surface area contributed by atoms with Gasteiger partial charge in [-0.15, -0.1) is 12.4 Å². The highest BCUT2D eigenvalue weighted by atomic mass is 35.5. The van der Waals surface area contributed by atoms with Gasteiger partial charge < -0.3 is 15.6 Å². The van der Waals surface area contributed by atoms with E-state index in [9.17, 15) is 4.79 Å². The normalized spacial score (nSPS) is 27.5. The van der Waals surface area contributed by atoms with Crippen LogP contribution in [0.1, 0.15) is 50.8 Å². The van der Waals surface area contributed by atoms with E-state index < -0.39 is 0 Å². The van der Waals surface area contributed by atoms with Crippen molar-refractivity contribution < 1.29 is 9.32 Å². The van der Waals surface area contributed by atoms with E-state index in [2.05, 4.69) is 15.5 Å². The van der Waals surface area contributed by atoms with Crippen LogP contribution in [0.15, 0.2) is 34.9 Å². The van der Waals surface area contributed by atoms with Gasteiger partial charge in [0.05, 0.1) is 5.92 Å². The van der Waals surface area contributed by atoms with Gasteiger partial charge in [-0.2, -0.15) is 4.98 Å². The number of carbonyl (C=O) groups excluding carboxylic acids is 1. The Morgan fingerprint density at radius 1 is 1.25 bits per heavy atom. The number of aromatic nitrogens is 2. The van der Waals surface area contributed by atoms with Gasteiger partial charge >= 0.3 is 0 Å². The highest BCUT2D eigenvalue weighted by Crippen LogP contribution is 2.41. The molecular weight excluding hydrogens is 376 g/mol. The molecule has 2 fully saturated rings. The first-order valence-corrected chi connectivity index (χ1v) is 10.0. The van der Waals surface area contributed by atoms with Crippen LogP contribution in [0.4, 0.5) is 0 Å². The van der Waals surface area contributed by atoms with Gasteiger partial charge in [0.1, 0.15) is 0 Å². The average molecular weight is 405 g/mol. The van der Waals surface area contributed by atoms with Gasteiger partial charge in [-0.3, -0.25) is 4.79 Å². The Balaban J connectivity index is 0.00000225. The first-order chi connectivity index (χ1) is 13.1. The molecule has 0 spiro atoms. The van der Waals surface area contributed by atoms with Crippen LogP contribution in [0.2, 0.25) is 0 Å². The van der Waals surface area contributed by atoms with Crippen LogP contribution in [0.3, 0.4) is 0 Å². The van der Waals surface area contributed by atoms with E-state index in [-0.39, 0.29) is 36.2 Å². The summed E-state index contributed by atoms with van der Waals surface area (Å²) < 4.78 is 5.40. The lowest BCUT2D eigenvalue weighted by atomic mass is 9.65. The number of nitrogens with one attached hydrogen (secondary N) is 1. The minimum Gasteiger partial charge on any atom is -0.355 e. The highest BCUT2D eigenvalue weighted by Gasteiger charge is 2.40. The fraction of sp³-hybridized carbons (Fsp3) is 0.571. The third kappa shape index (κ3) is 4.39. The molecule has 3 unspecified atom stereocenters. The van der Waals surface area contributed by atoms with Crippen molar-refractivity contribution >= 4 is 18.3 Å². The van der Waals surface area contributed by atoms with Gasteiger partial charge in [-0.25, -0.2) is 0 Å². The summed E-state index contributed by atoms with van der Waals surface area (Å²) in [6.45, 7) is 2.50. The zero-order valence-electron chi connectivity index (χ0n) is 16.2. The van der Waals surface area contributed by atoms with Gasteiger partial charge in [0.2, 0.25) is 17.6 Å². The Kier molecular flexibility index (Phi) is 6.73. The standard InChI is InChI=1S/C21H28N4O2.ClH/c1-13(21-24-19(25-27-21)14-6-3-2-4-7-14)12-23-20(26)17-10-15-8-5-9-16(11-17)18(15)22;/h2-4,6-7,13,15-18H,5,8-12,22H2,1H3,(H,23,26);1H. The molecule has 0 radical (unpaired) electrons. The molecular formula is C21H29ClN4O2. The zero-order valence-corrected chi connectivity index (χ0v) is 17.0. The molecule has 2 saturated carbocycles. The predicted molar refractivity (Wildman–Crippen MR) is 110 cm³/mol. The van der Waals surface area contributed by atoms with Crippen LogP contribution in [-0.2, 0) is 4.79 Å². The van der Waals surface area contributed by atoms with E-state index in [1.54, 1.807) is 0 Å². The lowest BCUT2D eigenvalue weighted by molar-refractivity contribution is -0.128. The van der Waals surface area contributed by atoms with Crippen LogP contribution in [0, 0.1) is 17.8 Å². The molecule has 1 amide bonds. The Morgan fingerprint density at radius 3 is 2.61 bits per heavy atom. The largest absolute Gasteiger partial charge is 0.355 e. The van der Waals surface area contributed by atoms with Crippen molar-refractivity contribution in [1.29, 1.82) is 0 Å². The van der Waals surface area contributed by atoms with E-state index in [0.717, 1.165) is 18.4 Å². The minimum atomic E-state index is -0.0238. The van der Waals surface area contributed by atoms with Crippen LogP contribution in [0.5, 0.6) is 0 Å². The number of carbonyl (C=O) groups is 1. The average Bonchev–Trinajstić information content (AvgIpc) is 3.16. The molecule has 2 bridgehead atoms. The van der Waals surface area contributed by atoms with Crippen molar-refractivity contribution in [2.45, 2.75) is 51.0 Å². The molecule has 4 rings (SSSR count). The van der Waals surface area contributed by atoms with Gasteiger partial charge in [-0.1, -0.05) is 48.8 Å². The molecule has 1 aromatic heterocycles. The number of nitrogens with zero attached hydrogens (tertiary/aromatic N) is 2. The first-order valence-electron chi connectivity index (χ1n) is 10.0. The Morgan fingerprint density at radius 2 is 1.93 bits per heavy atom. The van der Waals surface area contributed by atoms with Gasteiger partial charge in [0.25, 0.3) is 0 Å². The molecule has 3 N–H and O–H groups in total. The maximum absolute atomic E-state index is 12.7. The van der Waals surface area contributed by atoms with E-state index in [4.69, 9.17) is 10.3 Å². The summed E-state index contributed by atoms with van der Waals surface area (Å²) in [4.78, 5) is 17.2. The van der Waals surface area contributed by atoms with Crippen LogP contribution in [-0.4, -0.2) is 28.6 Å². The zero-order chi connectivity index (χ0) is 18.8. The molecule has 1 aromatic carbocycles. The fourth-order valence-electron chi connectivity index (χ4n) is 4.63. The first kappa shape index (κ1) is 20.8. The smallest absolute Gasteiger partial charge is 0.231 e. The Bertz CT molecular complexity index is 768. The van der Waals surface area contributed by atoms with Crippen LogP contribution in [0.25, 0.3) is 11.4 Å². The van der Waals surface area contributed by atoms with Crippen molar-refractivity contribution in [3.05, 3.63) is 36.2 Å². The monoisotopic (exact) mass is 404 g/mol. The summed E-state index contributed by atoms with van der Waals surface area (Å²) in [7, 11) is 0. The van der Waals surface area contributed by atoms with E-state index in [1.165, 1.54) is 19.3 Å². The number of halogens is 1. The number of rotatable bonds is 5. The van der Waals surface area contributed by atoms with Crippen molar-refractivity contribution in [2.75, 3.05) is 6.54 Å². The number of hydrogen-bond acceptors (Lipinski definition) is 5. The van der Waals surface area contributed by atoms with E-state index in [1.807, 2.05) is 37.3 Å². The quantitative estimate of drug-likeness (QED) is 0.794. The van der Waals surface area contributed by atoms with Gasteiger partial charge in [-0.05, 0) is 37.5 Å². The third-order valence-corrected chi connectivity index (χ3v) is 6.26. The summed E-state index contributed by atoms with van der Waals surface area (Å²) in [5, 5.41) is 7.15. The SMILES string of the molecule is CC(CNC(=O)C1CC2CCCC(C1)C2N)c1nc(-c2ccccc2)no1.Cl. The van der Waals surface area contributed by atoms with E-state index >= 15 is 0 Å². The molecule has 28 heavy (non-hydrogen) atoms. The van der Waals surface area contributed by atoms with Crippen molar-refractivity contribution in [2.24, 2.45) is 23.5 Å². The molecule has 0 aliphatic heterocycles. The van der Waals surface area contributed by atoms with Crippen LogP contribution < -0.4 is 11.1 Å². The molecule has 2 aliphatic rings. The third-order valence-electron chi connectivity index (χ3n) is 6.26. The fourth-order valence-corrected chi connectivity index (χ4v) is 4.63. The molecule has 7 heteroatoms. The predicted octanol–water partition coefficient (Wildman–Crippen LogP) is 3.53. The second kappa shape index (κ2) is 9.05. The maximum atomic E-state index is 12.7. The van der Waals surface area contributed by atoms with Crippen LogP contribution >= 0.6 is 12.4 Å². The Labute approximate surface area is 172 Å². The van der Waals surface area contributed by atoms with Crippen molar-refractivity contribution in [3.8, 4) is 11.4 Å². The summed E-state index contributed by atoms with van der Waals surface area (Å²) in [5.41, 5.74) is 7.26. The molecule has 2 aliphatic carbocycles. The number of nitrogens with two attached hydrogens (primary N) is 1. The number of amides is 1. The van der Waals surface area contributed by atoms with Crippen molar-refractivity contribution in [3.63, 3.8) is 0 Å². The molecule has 152 valence electrons. The Hall–Kier alpha value is -1.92. The maximum Gasteiger partial charge on any atom is 0.231 e. The molecule has 1 heterocycles.